The van der Waals surface area contributed by atoms with Crippen LogP contribution in [-0.4, -0.2) is 21.2 Å². The standard InChI is InChI=1S/C18H20N4O3S/c1-4-8-22-15(19)14(17(23)21(2)18(22)24)13-10-26-16(20-13)11-6-5-7-12(9-11)25-3/h5-7,9-10H,4,8,19H2,1-3H3. The van der Waals surface area contributed by atoms with Crippen LogP contribution in [0.3, 0.4) is 0 Å². The molecule has 2 aromatic heterocycles. The van der Waals surface area contributed by atoms with Gasteiger partial charge in [-0.15, -0.1) is 11.3 Å². The van der Waals surface area contributed by atoms with Crippen LogP contribution in [0.1, 0.15) is 13.3 Å². The highest BCUT2D eigenvalue weighted by atomic mass is 32.1. The first kappa shape index (κ1) is 17.9. The topological polar surface area (TPSA) is 92.1 Å². The number of rotatable bonds is 5. The Morgan fingerprint density at radius 2 is 2.08 bits per heavy atom. The Bertz CT molecular complexity index is 1070. The van der Waals surface area contributed by atoms with E-state index in [2.05, 4.69) is 4.98 Å². The summed E-state index contributed by atoms with van der Waals surface area (Å²) in [4.78, 5) is 29.5. The van der Waals surface area contributed by atoms with Crippen LogP contribution in [0.25, 0.3) is 21.8 Å². The average molecular weight is 372 g/mol. The molecule has 2 heterocycles. The zero-order valence-corrected chi connectivity index (χ0v) is 15.7. The van der Waals surface area contributed by atoms with Crippen molar-refractivity contribution in [2.45, 2.75) is 19.9 Å². The normalized spacial score (nSPS) is 10.9. The third-order valence-electron chi connectivity index (χ3n) is 4.11. The van der Waals surface area contributed by atoms with E-state index in [9.17, 15) is 9.59 Å². The number of nitrogens with zero attached hydrogens (tertiary/aromatic N) is 3. The average Bonchev–Trinajstić information content (AvgIpc) is 3.13. The number of methoxy groups -OCH3 is 1. The van der Waals surface area contributed by atoms with E-state index in [0.29, 0.717) is 12.2 Å². The van der Waals surface area contributed by atoms with Gasteiger partial charge in [0.1, 0.15) is 22.1 Å². The summed E-state index contributed by atoms with van der Waals surface area (Å²) in [5, 5.41) is 2.52. The van der Waals surface area contributed by atoms with E-state index < -0.39 is 11.2 Å². The van der Waals surface area contributed by atoms with Crippen molar-refractivity contribution in [2.24, 2.45) is 7.05 Å². The summed E-state index contributed by atoms with van der Waals surface area (Å²) >= 11 is 1.41. The molecule has 26 heavy (non-hydrogen) atoms. The molecule has 0 amide bonds. The molecule has 0 aliphatic heterocycles. The second-order valence-electron chi connectivity index (χ2n) is 5.83. The van der Waals surface area contributed by atoms with Gasteiger partial charge in [-0.05, 0) is 18.6 Å². The Hall–Kier alpha value is -2.87. The molecule has 3 rings (SSSR count). The number of hydrogen-bond acceptors (Lipinski definition) is 6. The third-order valence-corrected chi connectivity index (χ3v) is 5.00. The summed E-state index contributed by atoms with van der Waals surface area (Å²) in [5.74, 6) is 0.883. The van der Waals surface area contributed by atoms with Crippen LogP contribution in [0.2, 0.25) is 0 Å². The van der Waals surface area contributed by atoms with Crippen molar-refractivity contribution in [1.82, 2.24) is 14.1 Å². The number of ether oxygens (including phenoxy) is 1. The Morgan fingerprint density at radius 1 is 1.31 bits per heavy atom. The van der Waals surface area contributed by atoms with Crippen LogP contribution >= 0.6 is 11.3 Å². The van der Waals surface area contributed by atoms with Crippen molar-refractivity contribution in [1.29, 1.82) is 0 Å². The van der Waals surface area contributed by atoms with Gasteiger partial charge in [0.2, 0.25) is 0 Å². The first-order valence-corrected chi connectivity index (χ1v) is 9.05. The summed E-state index contributed by atoms with van der Waals surface area (Å²) in [7, 11) is 3.06. The predicted molar refractivity (Wildman–Crippen MR) is 104 cm³/mol. The smallest absolute Gasteiger partial charge is 0.332 e. The van der Waals surface area contributed by atoms with Crippen LogP contribution in [0, 0.1) is 0 Å². The van der Waals surface area contributed by atoms with E-state index in [1.807, 2.05) is 31.2 Å². The van der Waals surface area contributed by atoms with Gasteiger partial charge in [0.15, 0.2) is 0 Å². The van der Waals surface area contributed by atoms with E-state index >= 15 is 0 Å². The maximum atomic E-state index is 12.6. The number of nitrogen functional groups attached to an aromatic ring is 1. The second-order valence-corrected chi connectivity index (χ2v) is 6.69. The molecule has 1 aromatic carbocycles. The van der Waals surface area contributed by atoms with Crippen LogP contribution in [0.15, 0.2) is 39.2 Å². The number of nitrogens with two attached hydrogens (primary N) is 1. The van der Waals surface area contributed by atoms with Crippen molar-refractivity contribution in [3.05, 3.63) is 50.5 Å². The van der Waals surface area contributed by atoms with Gasteiger partial charge in [-0.25, -0.2) is 9.78 Å². The first-order valence-electron chi connectivity index (χ1n) is 8.17. The van der Waals surface area contributed by atoms with E-state index in [4.69, 9.17) is 10.5 Å². The molecule has 3 aromatic rings. The number of thiazole rings is 1. The fourth-order valence-corrected chi connectivity index (χ4v) is 3.55. The number of benzene rings is 1. The van der Waals surface area contributed by atoms with Crippen molar-refractivity contribution >= 4 is 17.2 Å². The lowest BCUT2D eigenvalue weighted by Gasteiger charge is -2.13. The highest BCUT2D eigenvalue weighted by Crippen LogP contribution is 2.31. The lowest BCUT2D eigenvalue weighted by molar-refractivity contribution is 0.415. The van der Waals surface area contributed by atoms with E-state index in [0.717, 1.165) is 27.3 Å². The van der Waals surface area contributed by atoms with Gasteiger partial charge < -0.3 is 10.5 Å². The van der Waals surface area contributed by atoms with Gasteiger partial charge in [0.25, 0.3) is 5.56 Å². The van der Waals surface area contributed by atoms with Gasteiger partial charge in [-0.1, -0.05) is 19.1 Å². The summed E-state index contributed by atoms with van der Waals surface area (Å²) in [6, 6.07) is 7.53. The Morgan fingerprint density at radius 3 is 2.77 bits per heavy atom. The van der Waals surface area contributed by atoms with E-state index in [1.54, 1.807) is 12.5 Å². The molecular formula is C18H20N4O3S. The second kappa shape index (κ2) is 7.17. The minimum Gasteiger partial charge on any atom is -0.497 e. The molecule has 2 N–H and O–H groups in total. The van der Waals surface area contributed by atoms with Crippen molar-refractivity contribution in [3.63, 3.8) is 0 Å². The van der Waals surface area contributed by atoms with Crippen molar-refractivity contribution in [3.8, 4) is 27.6 Å². The van der Waals surface area contributed by atoms with Crippen LogP contribution in [-0.2, 0) is 13.6 Å². The van der Waals surface area contributed by atoms with Crippen LogP contribution in [0.4, 0.5) is 5.82 Å². The molecule has 0 aliphatic rings. The summed E-state index contributed by atoms with van der Waals surface area (Å²) in [6.45, 7) is 2.39. The van der Waals surface area contributed by atoms with Crippen molar-refractivity contribution in [2.75, 3.05) is 12.8 Å². The third kappa shape index (κ3) is 3.03. The summed E-state index contributed by atoms with van der Waals surface area (Å²) in [6.07, 6.45) is 0.730. The molecule has 0 fully saturated rings. The molecule has 0 saturated heterocycles. The molecule has 0 atom stereocenters. The fourth-order valence-electron chi connectivity index (χ4n) is 2.74. The molecular weight excluding hydrogens is 352 g/mol. The first-order chi connectivity index (χ1) is 12.5. The number of hydrogen-bond donors (Lipinski definition) is 1. The zero-order valence-electron chi connectivity index (χ0n) is 14.9. The lowest BCUT2D eigenvalue weighted by atomic mass is 10.2. The SMILES string of the molecule is CCCn1c(N)c(-c2csc(-c3cccc(OC)c3)n2)c(=O)n(C)c1=O. The van der Waals surface area contributed by atoms with Gasteiger partial charge in [0, 0.05) is 24.5 Å². The van der Waals surface area contributed by atoms with Gasteiger partial charge in [0.05, 0.1) is 12.8 Å². The van der Waals surface area contributed by atoms with Gasteiger partial charge >= 0.3 is 5.69 Å². The lowest BCUT2D eigenvalue weighted by Crippen LogP contribution is -2.40. The maximum absolute atomic E-state index is 12.6. The molecule has 0 radical (unpaired) electrons. The molecule has 7 nitrogen and oxygen atoms in total. The predicted octanol–water partition coefficient (Wildman–Crippen LogP) is 2.34. The van der Waals surface area contributed by atoms with Gasteiger partial charge in [-0.2, -0.15) is 0 Å². The zero-order chi connectivity index (χ0) is 18.8. The van der Waals surface area contributed by atoms with Gasteiger partial charge in [-0.3, -0.25) is 13.9 Å². The van der Waals surface area contributed by atoms with E-state index in [-0.39, 0.29) is 11.4 Å². The number of aromatic nitrogens is 3. The largest absolute Gasteiger partial charge is 0.497 e. The summed E-state index contributed by atoms with van der Waals surface area (Å²) in [5.41, 5.74) is 6.91. The van der Waals surface area contributed by atoms with Crippen molar-refractivity contribution < 1.29 is 4.74 Å². The minimum atomic E-state index is -0.442. The Kier molecular flexibility index (Phi) is 4.94. The minimum absolute atomic E-state index is 0.155. The molecule has 0 bridgehead atoms. The van der Waals surface area contributed by atoms with Crippen LogP contribution in [0.5, 0.6) is 5.75 Å². The van der Waals surface area contributed by atoms with Crippen LogP contribution < -0.4 is 21.7 Å². The molecule has 0 spiro atoms. The monoisotopic (exact) mass is 372 g/mol. The fraction of sp³-hybridized carbons (Fsp3) is 0.278. The molecule has 0 unspecified atom stereocenters. The Balaban J connectivity index is 2.15. The quantitative estimate of drug-likeness (QED) is 0.742. The highest BCUT2D eigenvalue weighted by molar-refractivity contribution is 7.13. The Labute approximate surface area is 154 Å². The molecule has 136 valence electrons. The highest BCUT2D eigenvalue weighted by Gasteiger charge is 2.19. The van der Waals surface area contributed by atoms with E-state index in [1.165, 1.54) is 23.0 Å². The molecule has 0 aliphatic carbocycles. The summed E-state index contributed by atoms with van der Waals surface area (Å²) < 4.78 is 7.74. The molecule has 8 heteroatoms. The maximum Gasteiger partial charge on any atom is 0.332 e. The number of anilines is 1. The molecule has 0 saturated carbocycles.